The standard InChI is InChI=1S/C35H38N8O3/c1-3-41-15-14-28-30(41)13-12-29-31(28)38-32(39-33(29)42-20-22-46-23-21-42)24-4-8-26(9-5-24)36-35(45)37-27-10-6-25(7-11-27)34(44)43-18-16-40(2)17-19-43/h4-15H,3,16-23H2,1-2H3,(H2,36,37,45). The molecule has 7 rings (SSSR count). The summed E-state index contributed by atoms with van der Waals surface area (Å²) in [6.45, 7) is 9.06. The highest BCUT2D eigenvalue weighted by Crippen LogP contribution is 2.33. The molecule has 5 aromatic rings. The first-order valence-corrected chi connectivity index (χ1v) is 15.9. The molecule has 236 valence electrons. The Balaban J connectivity index is 1.07. The molecule has 4 heterocycles. The van der Waals surface area contributed by atoms with E-state index in [1.165, 1.54) is 0 Å². The van der Waals surface area contributed by atoms with Crippen LogP contribution in [-0.2, 0) is 11.3 Å². The molecule has 0 saturated carbocycles. The Morgan fingerprint density at radius 1 is 0.783 bits per heavy atom. The van der Waals surface area contributed by atoms with Gasteiger partial charge in [-0.05, 0) is 80.7 Å². The zero-order valence-electron chi connectivity index (χ0n) is 26.2. The van der Waals surface area contributed by atoms with Crippen LogP contribution in [0.5, 0.6) is 0 Å². The number of rotatable bonds is 6. The van der Waals surface area contributed by atoms with E-state index in [1.807, 2.05) is 29.2 Å². The number of anilines is 3. The van der Waals surface area contributed by atoms with Crippen molar-refractivity contribution in [3.8, 4) is 11.4 Å². The number of morpholine rings is 1. The molecule has 46 heavy (non-hydrogen) atoms. The van der Waals surface area contributed by atoms with Gasteiger partial charge >= 0.3 is 6.03 Å². The molecule has 2 aromatic heterocycles. The molecule has 2 aliphatic rings. The quantitative estimate of drug-likeness (QED) is 0.271. The van der Waals surface area contributed by atoms with Gasteiger partial charge in [-0.15, -0.1) is 0 Å². The topological polar surface area (TPSA) is 108 Å². The Kier molecular flexibility index (Phi) is 8.25. The maximum atomic E-state index is 12.8. The molecule has 2 aliphatic heterocycles. The van der Waals surface area contributed by atoms with Gasteiger partial charge in [-0.25, -0.2) is 14.8 Å². The summed E-state index contributed by atoms with van der Waals surface area (Å²) in [5.74, 6) is 1.56. The molecule has 0 bridgehead atoms. The minimum atomic E-state index is -0.370. The fourth-order valence-electron chi connectivity index (χ4n) is 6.15. The molecule has 0 aliphatic carbocycles. The highest BCUT2D eigenvalue weighted by Gasteiger charge is 2.21. The third-order valence-electron chi connectivity index (χ3n) is 8.83. The molecule has 3 amide bonds. The summed E-state index contributed by atoms with van der Waals surface area (Å²) in [4.78, 5) is 42.1. The summed E-state index contributed by atoms with van der Waals surface area (Å²) in [5.41, 5.74) is 4.79. The van der Waals surface area contributed by atoms with E-state index >= 15 is 0 Å². The number of nitrogens with zero attached hydrogens (tertiary/aromatic N) is 6. The number of piperazine rings is 1. The minimum Gasteiger partial charge on any atom is -0.378 e. The van der Waals surface area contributed by atoms with Crippen LogP contribution in [0.25, 0.3) is 33.2 Å². The van der Waals surface area contributed by atoms with Crippen molar-refractivity contribution < 1.29 is 14.3 Å². The average Bonchev–Trinajstić information content (AvgIpc) is 3.53. The van der Waals surface area contributed by atoms with Crippen LogP contribution in [0.1, 0.15) is 17.3 Å². The van der Waals surface area contributed by atoms with Crippen molar-refractivity contribution in [3.63, 3.8) is 0 Å². The van der Waals surface area contributed by atoms with Crippen molar-refractivity contribution in [2.24, 2.45) is 0 Å². The van der Waals surface area contributed by atoms with Crippen LogP contribution in [0.3, 0.4) is 0 Å². The van der Waals surface area contributed by atoms with E-state index in [0.717, 1.165) is 79.0 Å². The Labute approximate surface area is 267 Å². The Morgan fingerprint density at radius 2 is 1.46 bits per heavy atom. The molecule has 11 nitrogen and oxygen atoms in total. The van der Waals surface area contributed by atoms with Crippen molar-refractivity contribution in [2.45, 2.75) is 13.5 Å². The number of hydrogen-bond acceptors (Lipinski definition) is 7. The number of ether oxygens (including phenoxy) is 1. The summed E-state index contributed by atoms with van der Waals surface area (Å²) in [6.07, 6.45) is 2.11. The average molecular weight is 619 g/mol. The van der Waals surface area contributed by atoms with Gasteiger partial charge in [0.2, 0.25) is 0 Å². The molecule has 2 fully saturated rings. The van der Waals surface area contributed by atoms with E-state index < -0.39 is 0 Å². The van der Waals surface area contributed by atoms with Gasteiger partial charge in [0, 0.05) is 85.3 Å². The van der Waals surface area contributed by atoms with Crippen molar-refractivity contribution in [3.05, 3.63) is 78.5 Å². The first-order valence-electron chi connectivity index (χ1n) is 15.9. The fourth-order valence-corrected chi connectivity index (χ4v) is 6.15. The largest absolute Gasteiger partial charge is 0.378 e. The van der Waals surface area contributed by atoms with Crippen LogP contribution in [0.4, 0.5) is 22.0 Å². The zero-order valence-corrected chi connectivity index (χ0v) is 26.2. The number of benzene rings is 3. The van der Waals surface area contributed by atoms with Gasteiger partial charge in [-0.3, -0.25) is 4.79 Å². The van der Waals surface area contributed by atoms with Crippen LogP contribution >= 0.6 is 0 Å². The lowest BCUT2D eigenvalue weighted by Crippen LogP contribution is -2.47. The van der Waals surface area contributed by atoms with Crippen LogP contribution < -0.4 is 15.5 Å². The van der Waals surface area contributed by atoms with Gasteiger partial charge in [0.15, 0.2) is 5.82 Å². The fraction of sp³-hybridized carbons (Fsp3) is 0.314. The summed E-state index contributed by atoms with van der Waals surface area (Å²) >= 11 is 0. The SMILES string of the molecule is CCn1ccc2c3nc(-c4ccc(NC(=O)Nc5ccc(C(=O)N6CCN(C)CC6)cc5)cc4)nc(N4CCOCC4)c3ccc21. The highest BCUT2D eigenvalue weighted by molar-refractivity contribution is 6.08. The molecule has 3 aromatic carbocycles. The summed E-state index contributed by atoms with van der Waals surface area (Å²) in [5, 5.41) is 7.87. The third kappa shape index (κ3) is 5.99. The van der Waals surface area contributed by atoms with E-state index in [4.69, 9.17) is 14.7 Å². The van der Waals surface area contributed by atoms with Gasteiger partial charge in [-0.1, -0.05) is 0 Å². The molecule has 11 heteroatoms. The summed E-state index contributed by atoms with van der Waals surface area (Å²) < 4.78 is 7.84. The smallest absolute Gasteiger partial charge is 0.323 e. The lowest BCUT2D eigenvalue weighted by Gasteiger charge is -2.32. The number of amides is 3. The van der Waals surface area contributed by atoms with Gasteiger partial charge in [0.1, 0.15) is 5.82 Å². The van der Waals surface area contributed by atoms with Crippen LogP contribution in [0, 0.1) is 0 Å². The van der Waals surface area contributed by atoms with Crippen LogP contribution in [0.15, 0.2) is 72.9 Å². The van der Waals surface area contributed by atoms with Crippen molar-refractivity contribution >= 4 is 50.9 Å². The predicted molar refractivity (Wildman–Crippen MR) is 182 cm³/mol. The number of fused-ring (bicyclic) bond motifs is 3. The number of nitrogens with one attached hydrogen (secondary N) is 2. The van der Waals surface area contributed by atoms with Crippen LogP contribution in [-0.4, -0.2) is 95.8 Å². The molecular formula is C35H38N8O3. The molecule has 0 atom stereocenters. The van der Waals surface area contributed by atoms with E-state index in [2.05, 4.69) is 63.4 Å². The summed E-state index contributed by atoms with van der Waals surface area (Å²) in [6, 6.07) is 20.6. The zero-order chi connectivity index (χ0) is 31.6. The third-order valence-corrected chi connectivity index (χ3v) is 8.83. The number of aryl methyl sites for hydroxylation is 1. The number of carbonyl (C=O) groups is 2. The number of likely N-dealkylation sites (N-methyl/N-ethyl adjacent to an activating group) is 1. The van der Waals surface area contributed by atoms with E-state index in [1.54, 1.807) is 24.3 Å². The van der Waals surface area contributed by atoms with Crippen molar-refractivity contribution in [1.82, 2.24) is 24.3 Å². The first-order chi connectivity index (χ1) is 22.5. The Bertz CT molecular complexity index is 1870. The van der Waals surface area contributed by atoms with Gasteiger partial charge in [0.05, 0.1) is 24.2 Å². The van der Waals surface area contributed by atoms with E-state index in [0.29, 0.717) is 36.0 Å². The van der Waals surface area contributed by atoms with Gasteiger partial charge < -0.3 is 34.6 Å². The second-order valence-electron chi connectivity index (χ2n) is 11.8. The normalized spacial score (nSPS) is 15.8. The van der Waals surface area contributed by atoms with Crippen molar-refractivity contribution in [1.29, 1.82) is 0 Å². The molecule has 2 saturated heterocycles. The number of aromatic nitrogens is 3. The number of urea groups is 1. The lowest BCUT2D eigenvalue weighted by molar-refractivity contribution is 0.0664. The second-order valence-corrected chi connectivity index (χ2v) is 11.8. The molecule has 0 unspecified atom stereocenters. The monoisotopic (exact) mass is 618 g/mol. The van der Waals surface area contributed by atoms with E-state index in [-0.39, 0.29) is 11.9 Å². The van der Waals surface area contributed by atoms with Gasteiger partial charge in [-0.2, -0.15) is 0 Å². The molecule has 2 N–H and O–H groups in total. The maximum absolute atomic E-state index is 12.8. The molecule has 0 radical (unpaired) electrons. The number of hydrogen-bond donors (Lipinski definition) is 2. The van der Waals surface area contributed by atoms with E-state index in [9.17, 15) is 9.59 Å². The highest BCUT2D eigenvalue weighted by atomic mass is 16.5. The first kappa shape index (κ1) is 29.7. The lowest BCUT2D eigenvalue weighted by atomic mass is 10.1. The Hall–Kier alpha value is -5.00. The van der Waals surface area contributed by atoms with Gasteiger partial charge in [0.25, 0.3) is 5.91 Å². The molecule has 0 spiro atoms. The predicted octanol–water partition coefficient (Wildman–Crippen LogP) is 5.14. The maximum Gasteiger partial charge on any atom is 0.323 e. The second kappa shape index (κ2) is 12.8. The van der Waals surface area contributed by atoms with Crippen LogP contribution in [0.2, 0.25) is 0 Å². The van der Waals surface area contributed by atoms with Crippen molar-refractivity contribution in [2.75, 3.05) is 75.1 Å². The number of carbonyl (C=O) groups excluding carboxylic acids is 2. The Morgan fingerprint density at radius 3 is 2.13 bits per heavy atom. The molecular weight excluding hydrogens is 580 g/mol. The summed E-state index contributed by atoms with van der Waals surface area (Å²) in [7, 11) is 2.06. The minimum absolute atomic E-state index is 0.0143.